The van der Waals surface area contributed by atoms with Crippen molar-refractivity contribution in [2.45, 2.75) is 19.9 Å². The van der Waals surface area contributed by atoms with E-state index < -0.39 is 0 Å². The smallest absolute Gasteiger partial charge is 0.126 e. The van der Waals surface area contributed by atoms with Crippen molar-refractivity contribution >= 4 is 16.7 Å². The fourth-order valence-corrected chi connectivity index (χ4v) is 1.62. The van der Waals surface area contributed by atoms with E-state index in [1.807, 2.05) is 13.0 Å². The first-order valence-corrected chi connectivity index (χ1v) is 5.53. The molecule has 0 aliphatic heterocycles. The lowest BCUT2D eigenvalue weighted by molar-refractivity contribution is 0.799. The number of fused-ring (bicyclic) bond motifs is 1. The molecule has 3 heteroatoms. The first-order valence-electron chi connectivity index (χ1n) is 5.53. The molecule has 2 aromatic rings. The third kappa shape index (κ3) is 2.31. The maximum Gasteiger partial charge on any atom is 0.126 e. The van der Waals surface area contributed by atoms with E-state index in [2.05, 4.69) is 41.5 Å². The van der Waals surface area contributed by atoms with Crippen LogP contribution in [0.4, 0.5) is 5.82 Å². The van der Waals surface area contributed by atoms with E-state index in [9.17, 15) is 0 Å². The molecule has 16 heavy (non-hydrogen) atoms. The second-order valence-corrected chi connectivity index (χ2v) is 4.17. The molecule has 1 unspecified atom stereocenters. The molecule has 0 amide bonds. The Kier molecular flexibility index (Phi) is 3.06. The summed E-state index contributed by atoms with van der Waals surface area (Å²) in [7, 11) is 0. The summed E-state index contributed by atoms with van der Waals surface area (Å²) in [5.41, 5.74) is 7.81. The molecule has 0 aliphatic rings. The van der Waals surface area contributed by atoms with E-state index in [1.165, 1.54) is 5.56 Å². The molecular weight excluding hydrogens is 198 g/mol. The molecule has 3 nitrogen and oxygen atoms in total. The highest BCUT2D eigenvalue weighted by Crippen LogP contribution is 2.16. The van der Waals surface area contributed by atoms with Crippen LogP contribution >= 0.6 is 0 Å². The highest BCUT2D eigenvalue weighted by molar-refractivity contribution is 5.80. The maximum atomic E-state index is 5.57. The number of hydrogen-bond donors (Lipinski definition) is 2. The van der Waals surface area contributed by atoms with E-state index in [-0.39, 0.29) is 6.04 Å². The van der Waals surface area contributed by atoms with Gasteiger partial charge in [-0.1, -0.05) is 12.1 Å². The fourth-order valence-electron chi connectivity index (χ4n) is 1.62. The van der Waals surface area contributed by atoms with Crippen molar-refractivity contribution in [3.05, 3.63) is 35.9 Å². The van der Waals surface area contributed by atoms with Crippen LogP contribution in [0.5, 0.6) is 0 Å². The lowest BCUT2D eigenvalue weighted by Crippen LogP contribution is -2.25. The minimum absolute atomic E-state index is 0.245. The van der Waals surface area contributed by atoms with Crippen LogP contribution in [0.2, 0.25) is 0 Å². The van der Waals surface area contributed by atoms with Crippen LogP contribution in [0, 0.1) is 6.92 Å². The average molecular weight is 215 g/mol. The van der Waals surface area contributed by atoms with Gasteiger partial charge >= 0.3 is 0 Å². The monoisotopic (exact) mass is 215 g/mol. The largest absolute Gasteiger partial charge is 0.366 e. The van der Waals surface area contributed by atoms with Crippen LogP contribution < -0.4 is 11.1 Å². The van der Waals surface area contributed by atoms with Crippen LogP contribution in [0.25, 0.3) is 10.9 Å². The zero-order valence-electron chi connectivity index (χ0n) is 9.70. The SMILES string of the molecule is Cc1ccc2ccc(NC(C)CN)nc2c1. The second-order valence-electron chi connectivity index (χ2n) is 4.17. The summed E-state index contributed by atoms with van der Waals surface area (Å²) in [6, 6.07) is 10.6. The average Bonchev–Trinajstić information content (AvgIpc) is 2.28. The minimum Gasteiger partial charge on any atom is -0.366 e. The second kappa shape index (κ2) is 4.49. The number of benzene rings is 1. The van der Waals surface area contributed by atoms with Crippen molar-refractivity contribution in [3.63, 3.8) is 0 Å². The highest BCUT2D eigenvalue weighted by Gasteiger charge is 2.01. The van der Waals surface area contributed by atoms with Gasteiger partial charge in [-0.3, -0.25) is 0 Å². The van der Waals surface area contributed by atoms with Gasteiger partial charge in [0.05, 0.1) is 5.52 Å². The molecule has 0 aliphatic carbocycles. The Labute approximate surface area is 95.7 Å². The summed E-state index contributed by atoms with van der Waals surface area (Å²) in [5, 5.41) is 4.43. The molecule has 1 aromatic heterocycles. The van der Waals surface area contributed by atoms with E-state index in [1.54, 1.807) is 0 Å². The Morgan fingerprint density at radius 2 is 2.06 bits per heavy atom. The van der Waals surface area contributed by atoms with Gasteiger partial charge in [0.25, 0.3) is 0 Å². The van der Waals surface area contributed by atoms with Gasteiger partial charge < -0.3 is 11.1 Å². The molecule has 0 radical (unpaired) electrons. The van der Waals surface area contributed by atoms with Crippen LogP contribution in [-0.4, -0.2) is 17.6 Å². The van der Waals surface area contributed by atoms with E-state index in [0.29, 0.717) is 6.54 Å². The summed E-state index contributed by atoms with van der Waals surface area (Å²) in [5.74, 6) is 0.885. The lowest BCUT2D eigenvalue weighted by atomic mass is 10.1. The molecular formula is C13H17N3. The summed E-state index contributed by atoms with van der Waals surface area (Å²) in [6.45, 7) is 4.72. The van der Waals surface area contributed by atoms with Gasteiger partial charge in [-0.25, -0.2) is 4.98 Å². The van der Waals surface area contributed by atoms with Crippen LogP contribution in [0.15, 0.2) is 30.3 Å². The lowest BCUT2D eigenvalue weighted by Gasteiger charge is -2.12. The van der Waals surface area contributed by atoms with E-state index in [0.717, 1.165) is 16.7 Å². The zero-order valence-corrected chi connectivity index (χ0v) is 9.70. The summed E-state index contributed by atoms with van der Waals surface area (Å²) in [4.78, 5) is 4.56. The molecule has 1 aromatic carbocycles. The van der Waals surface area contributed by atoms with Gasteiger partial charge in [-0.15, -0.1) is 0 Å². The summed E-state index contributed by atoms with van der Waals surface area (Å²) >= 11 is 0. The number of nitrogens with one attached hydrogen (secondary N) is 1. The number of nitrogens with two attached hydrogens (primary N) is 1. The van der Waals surface area contributed by atoms with Gasteiger partial charge in [0.2, 0.25) is 0 Å². The van der Waals surface area contributed by atoms with Crippen molar-refractivity contribution in [2.75, 3.05) is 11.9 Å². The van der Waals surface area contributed by atoms with Crippen molar-refractivity contribution in [1.29, 1.82) is 0 Å². The number of hydrogen-bond acceptors (Lipinski definition) is 3. The summed E-state index contributed by atoms with van der Waals surface area (Å²) in [6.07, 6.45) is 0. The molecule has 0 fully saturated rings. The van der Waals surface area contributed by atoms with Gasteiger partial charge in [0.15, 0.2) is 0 Å². The third-order valence-corrected chi connectivity index (χ3v) is 2.60. The van der Waals surface area contributed by atoms with Crippen molar-refractivity contribution < 1.29 is 0 Å². The first kappa shape index (κ1) is 10.9. The fraction of sp³-hybridized carbons (Fsp3) is 0.308. The van der Waals surface area contributed by atoms with E-state index >= 15 is 0 Å². The Morgan fingerprint density at radius 1 is 1.31 bits per heavy atom. The number of aryl methyl sites for hydroxylation is 1. The van der Waals surface area contributed by atoms with Crippen LogP contribution in [0.1, 0.15) is 12.5 Å². The van der Waals surface area contributed by atoms with Gasteiger partial charge in [-0.2, -0.15) is 0 Å². The van der Waals surface area contributed by atoms with Crippen LogP contribution in [-0.2, 0) is 0 Å². The predicted octanol–water partition coefficient (Wildman–Crippen LogP) is 2.30. The molecule has 1 atom stereocenters. The molecule has 0 spiro atoms. The molecule has 0 saturated heterocycles. The number of rotatable bonds is 3. The summed E-state index contributed by atoms with van der Waals surface area (Å²) < 4.78 is 0. The molecule has 0 bridgehead atoms. The number of pyridine rings is 1. The van der Waals surface area contributed by atoms with Gasteiger partial charge in [0.1, 0.15) is 5.82 Å². The molecule has 1 heterocycles. The highest BCUT2D eigenvalue weighted by atomic mass is 15.0. The normalized spacial score (nSPS) is 12.7. The third-order valence-electron chi connectivity index (χ3n) is 2.60. The van der Waals surface area contributed by atoms with Crippen molar-refractivity contribution in [1.82, 2.24) is 4.98 Å². The Hall–Kier alpha value is -1.61. The number of aromatic nitrogens is 1. The van der Waals surface area contributed by atoms with Crippen molar-refractivity contribution in [2.24, 2.45) is 5.73 Å². The maximum absolute atomic E-state index is 5.57. The topological polar surface area (TPSA) is 50.9 Å². The Balaban J connectivity index is 2.35. The number of nitrogens with zero attached hydrogens (tertiary/aromatic N) is 1. The quantitative estimate of drug-likeness (QED) is 0.826. The molecule has 84 valence electrons. The predicted molar refractivity (Wildman–Crippen MR) is 68.6 cm³/mol. The van der Waals surface area contributed by atoms with Gasteiger partial charge in [0, 0.05) is 18.0 Å². The zero-order chi connectivity index (χ0) is 11.5. The molecule has 2 rings (SSSR count). The molecule has 3 N–H and O–H groups in total. The van der Waals surface area contributed by atoms with Gasteiger partial charge in [-0.05, 0) is 37.6 Å². The first-order chi connectivity index (χ1) is 7.69. The Morgan fingerprint density at radius 3 is 2.81 bits per heavy atom. The van der Waals surface area contributed by atoms with Crippen molar-refractivity contribution in [3.8, 4) is 0 Å². The van der Waals surface area contributed by atoms with E-state index in [4.69, 9.17) is 5.73 Å². The number of anilines is 1. The standard InChI is InChI=1S/C13H17N3/c1-9-3-4-11-5-6-13(15-10(2)8-14)16-12(11)7-9/h3-7,10H,8,14H2,1-2H3,(H,15,16). The van der Waals surface area contributed by atoms with Crippen LogP contribution in [0.3, 0.4) is 0 Å². The molecule has 0 saturated carbocycles. The Bertz CT molecular complexity index is 494. The minimum atomic E-state index is 0.245.